The van der Waals surface area contributed by atoms with Crippen LogP contribution in [0.3, 0.4) is 0 Å². The average molecular weight is 568 g/mol. The first-order valence-electron chi connectivity index (χ1n) is 10.7. The Kier molecular flexibility index (Phi) is 8.79. The Labute approximate surface area is 210 Å². The molecule has 1 aliphatic rings. The van der Waals surface area contributed by atoms with Crippen molar-refractivity contribution >= 4 is 46.6 Å². The smallest absolute Gasteiger partial charge is 0.205 e. The molecule has 3 aromatic heterocycles. The maximum atomic E-state index is 4.86. The molecule has 0 radical (unpaired) electrons. The van der Waals surface area contributed by atoms with Crippen molar-refractivity contribution in [3.63, 3.8) is 0 Å². The molecule has 4 heterocycles. The third-order valence-electron chi connectivity index (χ3n) is 5.25. The van der Waals surface area contributed by atoms with Crippen molar-refractivity contribution in [3.8, 4) is 5.82 Å². The summed E-state index contributed by atoms with van der Waals surface area (Å²) in [6.07, 6.45) is 6.47. The molecule has 1 saturated heterocycles. The van der Waals surface area contributed by atoms with E-state index in [2.05, 4.69) is 54.4 Å². The number of pyridine rings is 1. The number of aryl methyl sites for hydroxylation is 2. The van der Waals surface area contributed by atoms with Gasteiger partial charge in [0.2, 0.25) is 5.13 Å². The summed E-state index contributed by atoms with van der Waals surface area (Å²) in [5.41, 5.74) is 1.08. The molecular formula is C21H30IN9S. The third-order valence-corrected chi connectivity index (χ3v) is 6.07. The topological polar surface area (TPSA) is 87.4 Å². The Hall–Kier alpha value is -2.28. The van der Waals surface area contributed by atoms with Gasteiger partial charge in [-0.3, -0.25) is 4.57 Å². The second kappa shape index (κ2) is 11.5. The van der Waals surface area contributed by atoms with Crippen LogP contribution in [0, 0.1) is 6.92 Å². The van der Waals surface area contributed by atoms with Gasteiger partial charge in [-0.2, -0.15) is 4.37 Å². The fraction of sp³-hybridized carbons (Fsp3) is 0.476. The van der Waals surface area contributed by atoms with Crippen molar-refractivity contribution in [2.45, 2.75) is 33.7 Å². The predicted molar refractivity (Wildman–Crippen MR) is 139 cm³/mol. The minimum absolute atomic E-state index is 0. The Morgan fingerprint density at radius 1 is 1.16 bits per heavy atom. The molecule has 0 atom stereocenters. The molecule has 0 aromatic carbocycles. The lowest BCUT2D eigenvalue weighted by Crippen LogP contribution is -2.52. The van der Waals surface area contributed by atoms with E-state index < -0.39 is 0 Å². The standard InChI is InChI=1S/C21H29N9S.HI/c1-4-18-26-21(31-27-18)29-12-10-28(11-13-29)20(22-5-2)25-15-17-6-7-19(24-14-17)30-9-8-23-16(30)3;/h6-9,14H,4-5,10-13,15H2,1-3H3,(H,22,25);1H. The first-order chi connectivity index (χ1) is 15.2. The second-order valence-corrected chi connectivity index (χ2v) is 8.09. The lowest BCUT2D eigenvalue weighted by molar-refractivity contribution is 0.372. The van der Waals surface area contributed by atoms with Gasteiger partial charge in [0.1, 0.15) is 17.5 Å². The average Bonchev–Trinajstić information content (AvgIpc) is 3.46. The van der Waals surface area contributed by atoms with Gasteiger partial charge in [0.05, 0.1) is 6.54 Å². The summed E-state index contributed by atoms with van der Waals surface area (Å²) in [5.74, 6) is 3.67. The van der Waals surface area contributed by atoms with Crippen LogP contribution in [0.25, 0.3) is 5.82 Å². The van der Waals surface area contributed by atoms with E-state index in [9.17, 15) is 0 Å². The quantitative estimate of drug-likeness (QED) is 0.279. The van der Waals surface area contributed by atoms with Crippen LogP contribution >= 0.6 is 35.5 Å². The number of nitrogens with zero attached hydrogens (tertiary/aromatic N) is 8. The van der Waals surface area contributed by atoms with Crippen LogP contribution < -0.4 is 10.2 Å². The number of piperazine rings is 1. The Bertz CT molecular complexity index is 1010. The maximum Gasteiger partial charge on any atom is 0.205 e. The van der Waals surface area contributed by atoms with Gasteiger partial charge in [0.15, 0.2) is 5.96 Å². The zero-order valence-corrected chi connectivity index (χ0v) is 21.9. The largest absolute Gasteiger partial charge is 0.357 e. The summed E-state index contributed by atoms with van der Waals surface area (Å²) in [4.78, 5) is 22.9. The molecule has 9 nitrogen and oxygen atoms in total. The van der Waals surface area contributed by atoms with E-state index in [1.54, 1.807) is 6.20 Å². The molecular weight excluding hydrogens is 537 g/mol. The number of halogens is 1. The van der Waals surface area contributed by atoms with E-state index in [1.807, 2.05) is 30.0 Å². The molecule has 11 heteroatoms. The van der Waals surface area contributed by atoms with Gasteiger partial charge in [0.25, 0.3) is 0 Å². The number of rotatable bonds is 6. The number of nitrogens with one attached hydrogen (secondary N) is 1. The molecule has 0 unspecified atom stereocenters. The van der Waals surface area contributed by atoms with Crippen molar-refractivity contribution in [2.75, 3.05) is 37.6 Å². The van der Waals surface area contributed by atoms with Gasteiger partial charge in [-0.25, -0.2) is 19.9 Å². The van der Waals surface area contributed by atoms with Crippen molar-refractivity contribution in [3.05, 3.63) is 47.9 Å². The third kappa shape index (κ3) is 5.74. The molecule has 172 valence electrons. The molecule has 3 aromatic rings. The highest BCUT2D eigenvalue weighted by atomic mass is 127. The van der Waals surface area contributed by atoms with Crippen molar-refractivity contribution < 1.29 is 0 Å². The second-order valence-electron chi connectivity index (χ2n) is 7.36. The normalized spacial score (nSPS) is 14.4. The van der Waals surface area contributed by atoms with E-state index in [0.29, 0.717) is 6.54 Å². The van der Waals surface area contributed by atoms with Crippen LogP contribution in [0.2, 0.25) is 0 Å². The molecule has 0 aliphatic carbocycles. The monoisotopic (exact) mass is 567 g/mol. The molecule has 0 saturated carbocycles. The van der Waals surface area contributed by atoms with E-state index in [1.165, 1.54) is 11.5 Å². The number of hydrogen-bond donors (Lipinski definition) is 1. The lowest BCUT2D eigenvalue weighted by atomic mass is 10.3. The van der Waals surface area contributed by atoms with Gasteiger partial charge in [0, 0.05) is 69.3 Å². The molecule has 0 amide bonds. The molecule has 1 aliphatic heterocycles. The number of anilines is 1. The number of aromatic nitrogens is 5. The molecule has 32 heavy (non-hydrogen) atoms. The van der Waals surface area contributed by atoms with E-state index in [-0.39, 0.29) is 24.0 Å². The van der Waals surface area contributed by atoms with Crippen LogP contribution in [0.5, 0.6) is 0 Å². The highest BCUT2D eigenvalue weighted by Gasteiger charge is 2.22. The van der Waals surface area contributed by atoms with Gasteiger partial charge in [-0.05, 0) is 25.5 Å². The first-order valence-corrected chi connectivity index (χ1v) is 11.5. The SMILES string of the molecule is CCNC(=NCc1ccc(-n2ccnc2C)nc1)N1CCN(c2nc(CC)ns2)CC1.I. The number of aliphatic imine (C=N–C) groups is 1. The molecule has 0 bridgehead atoms. The number of guanidine groups is 1. The zero-order valence-electron chi connectivity index (χ0n) is 18.7. The van der Waals surface area contributed by atoms with Crippen molar-refractivity contribution in [2.24, 2.45) is 4.99 Å². The molecule has 1 N–H and O–H groups in total. The first kappa shape index (κ1) is 24.4. The minimum atomic E-state index is 0. The fourth-order valence-corrected chi connectivity index (χ4v) is 4.29. The van der Waals surface area contributed by atoms with E-state index in [4.69, 9.17) is 4.99 Å². The van der Waals surface area contributed by atoms with Crippen LogP contribution in [0.4, 0.5) is 5.13 Å². The van der Waals surface area contributed by atoms with E-state index in [0.717, 1.165) is 73.3 Å². The highest BCUT2D eigenvalue weighted by molar-refractivity contribution is 14.0. The fourth-order valence-electron chi connectivity index (χ4n) is 3.49. The van der Waals surface area contributed by atoms with Gasteiger partial charge < -0.3 is 15.1 Å². The summed E-state index contributed by atoms with van der Waals surface area (Å²) in [6, 6.07) is 4.09. The minimum Gasteiger partial charge on any atom is -0.357 e. The number of imidazole rings is 1. The highest BCUT2D eigenvalue weighted by Crippen LogP contribution is 2.19. The summed E-state index contributed by atoms with van der Waals surface area (Å²) >= 11 is 1.50. The van der Waals surface area contributed by atoms with Crippen LogP contribution in [-0.2, 0) is 13.0 Å². The summed E-state index contributed by atoms with van der Waals surface area (Å²) in [6.45, 7) is 11.2. The summed E-state index contributed by atoms with van der Waals surface area (Å²) in [5, 5.41) is 4.46. The van der Waals surface area contributed by atoms with Crippen molar-refractivity contribution in [1.29, 1.82) is 0 Å². The Morgan fingerprint density at radius 2 is 1.97 bits per heavy atom. The van der Waals surface area contributed by atoms with Gasteiger partial charge in [-0.15, -0.1) is 24.0 Å². The summed E-state index contributed by atoms with van der Waals surface area (Å²) in [7, 11) is 0. The van der Waals surface area contributed by atoms with Gasteiger partial charge >= 0.3 is 0 Å². The van der Waals surface area contributed by atoms with E-state index >= 15 is 0 Å². The summed E-state index contributed by atoms with van der Waals surface area (Å²) < 4.78 is 6.38. The Balaban J connectivity index is 0.00000289. The van der Waals surface area contributed by atoms with Crippen LogP contribution in [0.1, 0.15) is 31.1 Å². The zero-order chi connectivity index (χ0) is 21.6. The molecule has 1 fully saturated rings. The maximum absolute atomic E-state index is 4.86. The number of hydrogen-bond acceptors (Lipinski definition) is 7. The molecule has 4 rings (SSSR count). The van der Waals surface area contributed by atoms with Crippen molar-refractivity contribution in [1.82, 2.24) is 34.1 Å². The predicted octanol–water partition coefficient (Wildman–Crippen LogP) is 2.90. The van der Waals surface area contributed by atoms with Crippen LogP contribution in [0.15, 0.2) is 35.7 Å². The Morgan fingerprint density at radius 3 is 2.56 bits per heavy atom. The van der Waals surface area contributed by atoms with Crippen LogP contribution in [-0.4, -0.2) is 67.5 Å². The molecule has 0 spiro atoms. The lowest BCUT2D eigenvalue weighted by Gasteiger charge is -2.36. The van der Waals surface area contributed by atoms with Gasteiger partial charge in [-0.1, -0.05) is 13.0 Å².